The van der Waals surface area contributed by atoms with E-state index >= 15 is 0 Å². The molecule has 1 saturated heterocycles. The Hall–Kier alpha value is -1.00. The molecule has 3 N–H and O–H groups in total. The number of hydrogen-bond donors (Lipinski definition) is 2. The quantitative estimate of drug-likeness (QED) is 0.684. The van der Waals surface area contributed by atoms with E-state index in [1.54, 1.807) is 0 Å². The van der Waals surface area contributed by atoms with Gasteiger partial charge in [0.05, 0.1) is 18.4 Å². The summed E-state index contributed by atoms with van der Waals surface area (Å²) in [4.78, 5) is 5.34. The first-order valence-electron chi connectivity index (χ1n) is 4.59. The van der Waals surface area contributed by atoms with Gasteiger partial charge in [0.15, 0.2) is 0 Å². The van der Waals surface area contributed by atoms with Gasteiger partial charge in [-0.1, -0.05) is 0 Å². The molecule has 1 aromatic rings. The molecule has 0 spiro atoms. The number of hydrogen-bond acceptors (Lipinski definition) is 3. The molecule has 2 rings (SSSR count). The molecular weight excluding hydrogens is 166 g/mol. The van der Waals surface area contributed by atoms with Crippen molar-refractivity contribution in [3.05, 3.63) is 18.5 Å². The van der Waals surface area contributed by atoms with Gasteiger partial charge in [-0.2, -0.15) is 0 Å². The highest BCUT2D eigenvalue weighted by Crippen LogP contribution is 2.15. The van der Waals surface area contributed by atoms with Crippen LogP contribution in [-0.2, 0) is 4.74 Å². The number of aromatic nitrogens is 1. The number of rotatable bonds is 2. The SMILES string of the molecule is NC[C@H]1CN(c2cc[nH]c2)CCO1. The number of aromatic amines is 1. The summed E-state index contributed by atoms with van der Waals surface area (Å²) >= 11 is 0. The second-order valence-electron chi connectivity index (χ2n) is 3.24. The van der Waals surface area contributed by atoms with Crippen LogP contribution in [0.25, 0.3) is 0 Å². The van der Waals surface area contributed by atoms with Gasteiger partial charge in [0.1, 0.15) is 0 Å². The second kappa shape index (κ2) is 3.81. The molecule has 0 amide bonds. The van der Waals surface area contributed by atoms with Crippen LogP contribution < -0.4 is 10.6 Å². The zero-order valence-electron chi connectivity index (χ0n) is 7.57. The predicted octanol–water partition coefficient (Wildman–Crippen LogP) is 0.179. The Morgan fingerprint density at radius 1 is 1.69 bits per heavy atom. The second-order valence-corrected chi connectivity index (χ2v) is 3.24. The molecule has 1 fully saturated rings. The molecule has 2 heterocycles. The lowest BCUT2D eigenvalue weighted by atomic mass is 10.2. The van der Waals surface area contributed by atoms with E-state index < -0.39 is 0 Å². The minimum absolute atomic E-state index is 0.184. The first kappa shape index (κ1) is 8.59. The van der Waals surface area contributed by atoms with Gasteiger partial charge >= 0.3 is 0 Å². The maximum Gasteiger partial charge on any atom is 0.0872 e. The predicted molar refractivity (Wildman–Crippen MR) is 51.8 cm³/mol. The standard InChI is InChI=1S/C9H15N3O/c10-5-9-7-12(3-4-13-9)8-1-2-11-6-8/h1-2,6,9,11H,3-5,7,10H2/t9-/m0/s1. The number of ether oxygens (including phenoxy) is 1. The topological polar surface area (TPSA) is 54.3 Å². The van der Waals surface area contributed by atoms with Crippen molar-refractivity contribution in [1.29, 1.82) is 0 Å². The molecule has 0 aliphatic carbocycles. The molecule has 1 aromatic heterocycles. The molecule has 0 aromatic carbocycles. The lowest BCUT2D eigenvalue weighted by molar-refractivity contribution is 0.0466. The summed E-state index contributed by atoms with van der Waals surface area (Å²) in [6.07, 6.45) is 4.12. The van der Waals surface area contributed by atoms with E-state index in [0.29, 0.717) is 6.54 Å². The molecule has 0 radical (unpaired) electrons. The molecule has 4 nitrogen and oxygen atoms in total. The van der Waals surface area contributed by atoms with E-state index in [2.05, 4.69) is 16.0 Å². The molecule has 1 aliphatic heterocycles. The van der Waals surface area contributed by atoms with Gasteiger partial charge in [0.25, 0.3) is 0 Å². The third kappa shape index (κ3) is 1.84. The van der Waals surface area contributed by atoms with E-state index in [4.69, 9.17) is 10.5 Å². The van der Waals surface area contributed by atoms with Crippen molar-refractivity contribution in [2.45, 2.75) is 6.10 Å². The van der Waals surface area contributed by atoms with Gasteiger partial charge in [0.2, 0.25) is 0 Å². The summed E-state index contributed by atoms with van der Waals surface area (Å²) in [6.45, 7) is 3.22. The Bertz CT molecular complexity index is 247. The van der Waals surface area contributed by atoms with Crippen LogP contribution in [0.5, 0.6) is 0 Å². The van der Waals surface area contributed by atoms with E-state index in [9.17, 15) is 0 Å². The van der Waals surface area contributed by atoms with Crippen LogP contribution in [0.3, 0.4) is 0 Å². The number of anilines is 1. The third-order valence-electron chi connectivity index (χ3n) is 2.35. The van der Waals surface area contributed by atoms with E-state index in [-0.39, 0.29) is 6.10 Å². The minimum atomic E-state index is 0.184. The van der Waals surface area contributed by atoms with Gasteiger partial charge in [-0.05, 0) is 6.07 Å². The normalized spacial score (nSPS) is 23.5. The summed E-state index contributed by atoms with van der Waals surface area (Å²) in [5.41, 5.74) is 6.78. The Labute approximate surface area is 77.7 Å². The highest BCUT2D eigenvalue weighted by molar-refractivity contribution is 5.44. The van der Waals surface area contributed by atoms with Gasteiger partial charge in [-0.3, -0.25) is 0 Å². The maximum atomic E-state index is 5.56. The number of nitrogens with zero attached hydrogens (tertiary/aromatic N) is 1. The highest BCUT2D eigenvalue weighted by Gasteiger charge is 2.19. The summed E-state index contributed by atoms with van der Waals surface area (Å²) in [5.74, 6) is 0. The molecule has 0 saturated carbocycles. The number of nitrogens with one attached hydrogen (secondary N) is 1. The van der Waals surface area contributed by atoms with Crippen LogP contribution in [-0.4, -0.2) is 37.3 Å². The zero-order chi connectivity index (χ0) is 9.10. The molecule has 13 heavy (non-hydrogen) atoms. The van der Waals surface area contributed by atoms with Crippen LogP contribution in [0.2, 0.25) is 0 Å². The van der Waals surface area contributed by atoms with E-state index in [1.165, 1.54) is 5.69 Å². The molecule has 4 heteroatoms. The lowest BCUT2D eigenvalue weighted by Crippen LogP contribution is -2.45. The Balaban J connectivity index is 2.00. The van der Waals surface area contributed by atoms with Crippen LogP contribution >= 0.6 is 0 Å². The largest absolute Gasteiger partial charge is 0.373 e. The first-order valence-corrected chi connectivity index (χ1v) is 4.59. The maximum absolute atomic E-state index is 5.56. The minimum Gasteiger partial charge on any atom is -0.373 e. The van der Waals surface area contributed by atoms with Crippen molar-refractivity contribution < 1.29 is 4.74 Å². The van der Waals surface area contributed by atoms with E-state index in [0.717, 1.165) is 19.7 Å². The lowest BCUT2D eigenvalue weighted by Gasteiger charge is -2.33. The third-order valence-corrected chi connectivity index (χ3v) is 2.35. The van der Waals surface area contributed by atoms with Crippen molar-refractivity contribution in [2.75, 3.05) is 31.1 Å². The first-order chi connectivity index (χ1) is 6.40. The summed E-state index contributed by atoms with van der Waals surface area (Å²) in [7, 11) is 0. The number of nitrogens with two attached hydrogens (primary N) is 1. The Morgan fingerprint density at radius 3 is 3.31 bits per heavy atom. The highest BCUT2D eigenvalue weighted by atomic mass is 16.5. The van der Waals surface area contributed by atoms with Crippen molar-refractivity contribution in [3.63, 3.8) is 0 Å². The summed E-state index contributed by atoms with van der Waals surface area (Å²) < 4.78 is 5.48. The monoisotopic (exact) mass is 181 g/mol. The molecule has 0 bridgehead atoms. The van der Waals surface area contributed by atoms with Crippen LogP contribution in [0.15, 0.2) is 18.5 Å². The Kier molecular flexibility index (Phi) is 2.52. The number of morpholine rings is 1. The number of H-pyrrole nitrogens is 1. The van der Waals surface area contributed by atoms with Crippen LogP contribution in [0.1, 0.15) is 0 Å². The van der Waals surface area contributed by atoms with Crippen molar-refractivity contribution in [1.82, 2.24) is 4.98 Å². The smallest absolute Gasteiger partial charge is 0.0872 e. The van der Waals surface area contributed by atoms with Crippen molar-refractivity contribution in [3.8, 4) is 0 Å². The molecule has 72 valence electrons. The van der Waals surface area contributed by atoms with Crippen molar-refractivity contribution >= 4 is 5.69 Å². The molecule has 1 atom stereocenters. The average molecular weight is 181 g/mol. The van der Waals surface area contributed by atoms with Crippen LogP contribution in [0, 0.1) is 0 Å². The molecular formula is C9H15N3O. The fraction of sp³-hybridized carbons (Fsp3) is 0.556. The van der Waals surface area contributed by atoms with Gasteiger partial charge in [0, 0.05) is 32.0 Å². The fourth-order valence-corrected chi connectivity index (χ4v) is 1.61. The molecule has 1 aliphatic rings. The van der Waals surface area contributed by atoms with E-state index in [1.807, 2.05) is 12.4 Å². The van der Waals surface area contributed by atoms with Gasteiger partial charge in [-0.15, -0.1) is 0 Å². The van der Waals surface area contributed by atoms with Gasteiger partial charge in [-0.25, -0.2) is 0 Å². The Morgan fingerprint density at radius 2 is 2.62 bits per heavy atom. The fourth-order valence-electron chi connectivity index (χ4n) is 1.61. The van der Waals surface area contributed by atoms with Crippen molar-refractivity contribution in [2.24, 2.45) is 5.73 Å². The zero-order valence-corrected chi connectivity index (χ0v) is 7.57. The van der Waals surface area contributed by atoms with Crippen LogP contribution in [0.4, 0.5) is 5.69 Å². The summed E-state index contributed by atoms with van der Waals surface area (Å²) in [5, 5.41) is 0. The molecule has 0 unspecified atom stereocenters. The average Bonchev–Trinajstić information content (AvgIpc) is 2.71. The summed E-state index contributed by atoms with van der Waals surface area (Å²) in [6, 6.07) is 2.07. The van der Waals surface area contributed by atoms with Gasteiger partial charge < -0.3 is 20.4 Å².